The highest BCUT2D eigenvalue weighted by molar-refractivity contribution is 6.65. The molecule has 4 rings (SSSR count). The van der Waals surface area contributed by atoms with Gasteiger partial charge in [0, 0.05) is 14.2 Å². The molecule has 4 aromatic rings. The summed E-state index contributed by atoms with van der Waals surface area (Å²) in [4.78, 5) is 0. The summed E-state index contributed by atoms with van der Waals surface area (Å²) in [6.45, 7) is 0. The van der Waals surface area contributed by atoms with Crippen molar-refractivity contribution in [3.05, 3.63) is 54.6 Å². The molecule has 0 heterocycles. The van der Waals surface area contributed by atoms with Crippen LogP contribution in [0.2, 0.25) is 0 Å². The Balaban J connectivity index is 2.20. The van der Waals surface area contributed by atoms with Crippen molar-refractivity contribution in [3.8, 4) is 0 Å². The third-order valence-electron chi connectivity index (χ3n) is 4.24. The van der Waals surface area contributed by atoms with E-state index in [0.717, 1.165) is 0 Å². The summed E-state index contributed by atoms with van der Waals surface area (Å²) in [6, 6.07) is 19.6. The van der Waals surface area contributed by atoms with Crippen LogP contribution < -0.4 is 5.19 Å². The van der Waals surface area contributed by atoms with Gasteiger partial charge in [-0.3, -0.25) is 0 Å². The van der Waals surface area contributed by atoms with E-state index in [0.29, 0.717) is 0 Å². The Bertz CT molecular complexity index is 913. The second kappa shape index (κ2) is 4.81. The molecule has 0 radical (unpaired) electrons. The van der Waals surface area contributed by atoms with Gasteiger partial charge in [0.2, 0.25) is 0 Å². The minimum Gasteiger partial charge on any atom is -0.397 e. The normalized spacial score (nSPS) is 12.1. The first-order chi connectivity index (χ1) is 10.3. The van der Waals surface area contributed by atoms with Gasteiger partial charge in [-0.25, -0.2) is 0 Å². The van der Waals surface area contributed by atoms with Crippen molar-refractivity contribution in [3.63, 3.8) is 0 Å². The van der Waals surface area contributed by atoms with Crippen molar-refractivity contribution in [1.82, 2.24) is 0 Å². The highest BCUT2D eigenvalue weighted by Gasteiger charge is 2.18. The maximum Gasteiger partial charge on any atom is 0.355 e. The molecule has 4 aromatic carbocycles. The molecule has 104 valence electrons. The van der Waals surface area contributed by atoms with Crippen molar-refractivity contribution < 1.29 is 8.85 Å². The van der Waals surface area contributed by atoms with E-state index in [2.05, 4.69) is 54.6 Å². The van der Waals surface area contributed by atoms with Crippen LogP contribution in [0.1, 0.15) is 0 Å². The van der Waals surface area contributed by atoms with E-state index in [1.807, 2.05) is 0 Å². The highest BCUT2D eigenvalue weighted by Crippen LogP contribution is 2.33. The monoisotopic (exact) mass is 292 g/mol. The average Bonchev–Trinajstić information content (AvgIpc) is 2.55. The summed E-state index contributed by atoms with van der Waals surface area (Å²) in [6.07, 6.45) is 0. The van der Waals surface area contributed by atoms with E-state index in [1.165, 1.54) is 37.5 Å². The minimum atomic E-state index is -1.82. The van der Waals surface area contributed by atoms with Gasteiger partial charge in [-0.15, -0.1) is 0 Å². The second-order valence-corrected chi connectivity index (χ2v) is 7.54. The molecular weight excluding hydrogens is 276 g/mol. The van der Waals surface area contributed by atoms with Crippen LogP contribution in [0.4, 0.5) is 0 Å². The summed E-state index contributed by atoms with van der Waals surface area (Å²) < 4.78 is 11.2. The maximum absolute atomic E-state index is 5.59. The minimum absolute atomic E-state index is 1.21. The predicted molar refractivity (Wildman–Crippen MR) is 90.9 cm³/mol. The van der Waals surface area contributed by atoms with Gasteiger partial charge in [0.1, 0.15) is 0 Å². The van der Waals surface area contributed by atoms with Gasteiger partial charge in [-0.1, -0.05) is 54.6 Å². The van der Waals surface area contributed by atoms with Crippen molar-refractivity contribution in [2.45, 2.75) is 0 Å². The Morgan fingerprint density at radius 2 is 1.24 bits per heavy atom. The topological polar surface area (TPSA) is 18.5 Å². The Kier molecular flexibility index (Phi) is 2.92. The smallest absolute Gasteiger partial charge is 0.355 e. The molecule has 3 heteroatoms. The fourth-order valence-corrected chi connectivity index (χ4v) is 4.76. The molecule has 0 bridgehead atoms. The zero-order valence-corrected chi connectivity index (χ0v) is 13.2. The van der Waals surface area contributed by atoms with Gasteiger partial charge in [-0.2, -0.15) is 0 Å². The first-order valence-electron chi connectivity index (χ1n) is 7.05. The van der Waals surface area contributed by atoms with Crippen molar-refractivity contribution in [2.24, 2.45) is 0 Å². The van der Waals surface area contributed by atoms with Crippen LogP contribution >= 0.6 is 0 Å². The first-order valence-corrected chi connectivity index (χ1v) is 8.57. The van der Waals surface area contributed by atoms with Gasteiger partial charge in [0.25, 0.3) is 0 Å². The number of hydrogen-bond donors (Lipinski definition) is 0. The number of benzene rings is 4. The van der Waals surface area contributed by atoms with Crippen LogP contribution in [0.25, 0.3) is 32.3 Å². The van der Waals surface area contributed by atoms with Crippen LogP contribution in [0.3, 0.4) is 0 Å². The third-order valence-corrected chi connectivity index (χ3v) is 6.11. The van der Waals surface area contributed by atoms with Crippen LogP contribution in [0, 0.1) is 0 Å². The van der Waals surface area contributed by atoms with E-state index in [4.69, 9.17) is 8.85 Å². The zero-order valence-electron chi connectivity index (χ0n) is 12.1. The van der Waals surface area contributed by atoms with Gasteiger partial charge in [0.15, 0.2) is 0 Å². The Morgan fingerprint density at radius 1 is 0.667 bits per heavy atom. The molecule has 0 aromatic heterocycles. The van der Waals surface area contributed by atoms with E-state index in [-0.39, 0.29) is 0 Å². The van der Waals surface area contributed by atoms with Gasteiger partial charge in [0.05, 0.1) is 0 Å². The average molecular weight is 292 g/mol. The second-order valence-electron chi connectivity index (χ2n) is 5.31. The summed E-state index contributed by atoms with van der Waals surface area (Å²) in [7, 11) is 1.65. The largest absolute Gasteiger partial charge is 0.397 e. The third kappa shape index (κ3) is 1.79. The van der Waals surface area contributed by atoms with Gasteiger partial charge < -0.3 is 8.85 Å². The van der Waals surface area contributed by atoms with Gasteiger partial charge in [-0.05, 0) is 37.5 Å². The lowest BCUT2D eigenvalue weighted by molar-refractivity contribution is 0.292. The molecule has 0 N–H and O–H groups in total. The van der Waals surface area contributed by atoms with Crippen molar-refractivity contribution in [1.29, 1.82) is 0 Å². The quantitative estimate of drug-likeness (QED) is 0.426. The summed E-state index contributed by atoms with van der Waals surface area (Å²) >= 11 is 0. The van der Waals surface area contributed by atoms with E-state index >= 15 is 0 Å². The molecule has 0 fully saturated rings. The van der Waals surface area contributed by atoms with E-state index in [1.54, 1.807) is 14.2 Å². The maximum atomic E-state index is 5.59. The highest BCUT2D eigenvalue weighted by atomic mass is 28.3. The molecule has 0 saturated carbocycles. The summed E-state index contributed by atoms with van der Waals surface area (Å²) in [5, 5.41) is 9.00. The SMILES string of the molecule is CO[SiH](OC)c1ccc2ccc3cccc4ccc1c2c34. The summed E-state index contributed by atoms with van der Waals surface area (Å²) in [5.41, 5.74) is 0. The molecule has 0 aliphatic heterocycles. The van der Waals surface area contributed by atoms with Crippen molar-refractivity contribution >= 4 is 46.8 Å². The molecule has 0 aliphatic carbocycles. The fraction of sp³-hybridized carbons (Fsp3) is 0.111. The fourth-order valence-electron chi connectivity index (χ4n) is 3.31. The molecule has 0 unspecified atom stereocenters. The lowest BCUT2D eigenvalue weighted by Crippen LogP contribution is -2.35. The standard InChI is InChI=1S/C18H16O2Si/c1-19-21(20-2)16-11-9-14-7-6-12-4-3-5-13-8-10-15(16)18(14)17(12)13/h3-11,21H,1-2H3. The molecular formula is C18H16O2Si. The molecule has 0 spiro atoms. The van der Waals surface area contributed by atoms with Gasteiger partial charge >= 0.3 is 9.28 Å². The molecule has 21 heavy (non-hydrogen) atoms. The van der Waals surface area contributed by atoms with Crippen LogP contribution in [-0.2, 0) is 8.85 Å². The molecule has 0 saturated heterocycles. The van der Waals surface area contributed by atoms with Crippen molar-refractivity contribution in [2.75, 3.05) is 14.2 Å². The number of rotatable bonds is 3. The first kappa shape index (κ1) is 12.8. The number of hydrogen-bond acceptors (Lipinski definition) is 2. The molecule has 0 aliphatic rings. The molecule has 2 nitrogen and oxygen atoms in total. The van der Waals surface area contributed by atoms with Crippen LogP contribution in [0.15, 0.2) is 54.6 Å². The Morgan fingerprint density at radius 3 is 1.90 bits per heavy atom. The van der Waals surface area contributed by atoms with Crippen LogP contribution in [-0.4, -0.2) is 23.5 Å². The Hall–Kier alpha value is -1.94. The lowest BCUT2D eigenvalue weighted by Gasteiger charge is -2.17. The predicted octanol–water partition coefficient (Wildman–Crippen LogP) is 3.30. The van der Waals surface area contributed by atoms with E-state index < -0.39 is 9.28 Å². The Labute approximate surface area is 125 Å². The van der Waals surface area contributed by atoms with Crippen LogP contribution in [0.5, 0.6) is 0 Å². The zero-order chi connectivity index (χ0) is 14.4. The molecule has 0 amide bonds. The van der Waals surface area contributed by atoms with E-state index in [9.17, 15) is 0 Å². The summed E-state index contributed by atoms with van der Waals surface area (Å²) in [5.74, 6) is 0. The lowest BCUT2D eigenvalue weighted by atomic mass is 9.94. The molecule has 0 atom stereocenters.